The molecule has 2 saturated carbocycles. The summed E-state index contributed by atoms with van der Waals surface area (Å²) >= 11 is 0. The summed E-state index contributed by atoms with van der Waals surface area (Å²) in [7, 11) is 0. The maximum absolute atomic E-state index is 11.2. The third-order valence-electron chi connectivity index (χ3n) is 5.75. The summed E-state index contributed by atoms with van der Waals surface area (Å²) in [5, 5.41) is 9.17. The molecule has 4 atom stereocenters. The van der Waals surface area contributed by atoms with E-state index in [1.807, 2.05) is 0 Å². The Morgan fingerprint density at radius 2 is 2.17 bits per heavy atom. The number of carboxylic acids is 1. The van der Waals surface area contributed by atoms with Crippen molar-refractivity contribution < 1.29 is 14.6 Å². The molecular weight excluding hydrogens is 230 g/mol. The number of rotatable bonds is 5. The van der Waals surface area contributed by atoms with Gasteiger partial charge in [-0.15, -0.1) is 0 Å². The molecule has 2 rings (SSSR count). The lowest BCUT2D eigenvalue weighted by Crippen LogP contribution is -2.41. The fraction of sp³-hybridized carbons (Fsp3) is 0.929. The molecule has 4 unspecified atom stereocenters. The van der Waals surface area contributed by atoms with Gasteiger partial charge in [-0.3, -0.25) is 0 Å². The Kier molecular flexibility index (Phi) is 3.45. The third-order valence-corrected chi connectivity index (χ3v) is 5.75. The van der Waals surface area contributed by atoms with Gasteiger partial charge in [0.05, 0.1) is 6.10 Å². The molecule has 0 spiro atoms. The van der Waals surface area contributed by atoms with Crippen LogP contribution in [0.15, 0.2) is 0 Å². The van der Waals surface area contributed by atoms with E-state index in [9.17, 15) is 4.79 Å². The third kappa shape index (κ3) is 1.86. The Labute approximate surface area is 109 Å². The van der Waals surface area contributed by atoms with Crippen molar-refractivity contribution in [2.45, 2.75) is 58.7 Å². The Balaban J connectivity index is 2.10. The first-order valence-electron chi connectivity index (χ1n) is 6.91. The van der Waals surface area contributed by atoms with Crippen LogP contribution in [0.3, 0.4) is 0 Å². The Morgan fingerprint density at radius 3 is 2.56 bits per heavy atom. The van der Waals surface area contributed by atoms with Gasteiger partial charge in [0.25, 0.3) is 0 Å². The Bertz CT molecular complexity index is 342. The molecule has 0 amide bonds. The van der Waals surface area contributed by atoms with Gasteiger partial charge >= 0.3 is 5.97 Å². The van der Waals surface area contributed by atoms with Crippen molar-refractivity contribution in [3.8, 4) is 0 Å². The van der Waals surface area contributed by atoms with Crippen molar-refractivity contribution in [3.05, 3.63) is 0 Å². The minimum Gasteiger partial charge on any atom is -0.479 e. The van der Waals surface area contributed by atoms with Crippen LogP contribution in [-0.2, 0) is 9.53 Å². The number of fused-ring (bicyclic) bond motifs is 2. The average Bonchev–Trinajstić information content (AvgIpc) is 2.61. The van der Waals surface area contributed by atoms with Crippen LogP contribution >= 0.6 is 0 Å². The maximum Gasteiger partial charge on any atom is 0.332 e. The van der Waals surface area contributed by atoms with E-state index >= 15 is 0 Å². The molecule has 104 valence electrons. The standard InChI is InChI=1S/C14H25NO3/c1-13(2)9-4-6-14(13,3)11(8-9)18-10(5-7-15)12(16)17/h9-11H,4-8,15H2,1-3H3,(H,16,17). The monoisotopic (exact) mass is 255 g/mol. The molecule has 0 aliphatic heterocycles. The van der Waals surface area contributed by atoms with Crippen molar-refractivity contribution in [2.75, 3.05) is 6.54 Å². The molecule has 18 heavy (non-hydrogen) atoms. The molecule has 0 aromatic heterocycles. The number of nitrogens with two attached hydrogens (primary N) is 1. The van der Waals surface area contributed by atoms with Gasteiger partial charge < -0.3 is 15.6 Å². The number of ether oxygens (including phenoxy) is 1. The summed E-state index contributed by atoms with van der Waals surface area (Å²) in [6.45, 7) is 7.21. The van der Waals surface area contributed by atoms with Gasteiger partial charge in [0.2, 0.25) is 0 Å². The zero-order valence-corrected chi connectivity index (χ0v) is 11.6. The van der Waals surface area contributed by atoms with Crippen LogP contribution in [-0.4, -0.2) is 29.8 Å². The van der Waals surface area contributed by atoms with Gasteiger partial charge in [-0.1, -0.05) is 20.8 Å². The zero-order chi connectivity index (χ0) is 13.6. The molecule has 0 aromatic rings. The van der Waals surface area contributed by atoms with Crippen molar-refractivity contribution in [2.24, 2.45) is 22.5 Å². The van der Waals surface area contributed by atoms with Gasteiger partial charge in [-0.25, -0.2) is 4.79 Å². The van der Waals surface area contributed by atoms with Crippen molar-refractivity contribution >= 4 is 5.97 Å². The van der Waals surface area contributed by atoms with Crippen LogP contribution in [0.5, 0.6) is 0 Å². The van der Waals surface area contributed by atoms with Crippen LogP contribution in [0.2, 0.25) is 0 Å². The molecule has 0 heterocycles. The highest BCUT2D eigenvalue weighted by atomic mass is 16.5. The van der Waals surface area contributed by atoms with Crippen LogP contribution in [0, 0.1) is 16.7 Å². The molecule has 0 saturated heterocycles. The van der Waals surface area contributed by atoms with E-state index in [1.54, 1.807) is 0 Å². The molecule has 0 radical (unpaired) electrons. The molecule has 3 N–H and O–H groups in total. The Morgan fingerprint density at radius 1 is 1.50 bits per heavy atom. The molecule has 2 aliphatic carbocycles. The highest BCUT2D eigenvalue weighted by Crippen LogP contribution is 2.66. The van der Waals surface area contributed by atoms with Gasteiger partial charge in [0, 0.05) is 0 Å². The van der Waals surface area contributed by atoms with E-state index in [2.05, 4.69) is 20.8 Å². The van der Waals surface area contributed by atoms with Gasteiger partial charge in [0.15, 0.2) is 6.10 Å². The number of hydrogen-bond donors (Lipinski definition) is 2. The van der Waals surface area contributed by atoms with Crippen molar-refractivity contribution in [1.29, 1.82) is 0 Å². The largest absolute Gasteiger partial charge is 0.479 e. The van der Waals surface area contributed by atoms with Crippen LogP contribution in [0.25, 0.3) is 0 Å². The van der Waals surface area contributed by atoms with Crippen LogP contribution < -0.4 is 5.73 Å². The lowest BCUT2D eigenvalue weighted by atomic mass is 9.70. The minimum atomic E-state index is -0.885. The maximum atomic E-state index is 11.2. The summed E-state index contributed by atoms with van der Waals surface area (Å²) in [6.07, 6.45) is 3.11. The lowest BCUT2D eigenvalue weighted by Gasteiger charge is -2.39. The summed E-state index contributed by atoms with van der Waals surface area (Å²) < 4.78 is 5.91. The molecule has 4 nitrogen and oxygen atoms in total. The number of carbonyl (C=O) groups is 1. The van der Waals surface area contributed by atoms with E-state index in [-0.39, 0.29) is 16.9 Å². The van der Waals surface area contributed by atoms with E-state index < -0.39 is 12.1 Å². The molecule has 0 aromatic carbocycles. The van der Waals surface area contributed by atoms with E-state index in [4.69, 9.17) is 15.6 Å². The quantitative estimate of drug-likeness (QED) is 0.788. The first kappa shape index (κ1) is 13.8. The second kappa shape index (κ2) is 4.49. The second-order valence-corrected chi connectivity index (χ2v) is 6.64. The molecular formula is C14H25NO3. The summed E-state index contributed by atoms with van der Waals surface area (Å²) in [6, 6.07) is 0. The zero-order valence-electron chi connectivity index (χ0n) is 11.6. The van der Waals surface area contributed by atoms with E-state index in [0.717, 1.165) is 12.8 Å². The number of hydrogen-bond acceptors (Lipinski definition) is 3. The molecule has 2 fully saturated rings. The van der Waals surface area contributed by atoms with Gasteiger partial charge in [-0.05, 0) is 49.0 Å². The highest BCUT2D eigenvalue weighted by molar-refractivity contribution is 5.72. The Hall–Kier alpha value is -0.610. The summed E-state index contributed by atoms with van der Waals surface area (Å²) in [5.74, 6) is -0.218. The normalized spacial score (nSPS) is 38.9. The number of aliphatic carboxylic acids is 1. The minimum absolute atomic E-state index is 0.0684. The smallest absolute Gasteiger partial charge is 0.332 e. The van der Waals surface area contributed by atoms with Crippen LogP contribution in [0.1, 0.15) is 46.5 Å². The predicted molar refractivity (Wildman–Crippen MR) is 69.2 cm³/mol. The van der Waals surface area contributed by atoms with Crippen molar-refractivity contribution in [3.63, 3.8) is 0 Å². The topological polar surface area (TPSA) is 72.5 Å². The molecule has 2 aliphatic rings. The number of carboxylic acid groups (broad SMARTS) is 1. The average molecular weight is 255 g/mol. The molecule has 4 heteroatoms. The summed E-state index contributed by atoms with van der Waals surface area (Å²) in [4.78, 5) is 11.2. The lowest BCUT2D eigenvalue weighted by molar-refractivity contribution is -0.161. The SMILES string of the molecule is CC1(C)C2CCC1(C)C(OC(CCN)C(=O)O)C2. The fourth-order valence-corrected chi connectivity index (χ4v) is 3.94. The van der Waals surface area contributed by atoms with Crippen molar-refractivity contribution in [1.82, 2.24) is 0 Å². The first-order chi connectivity index (χ1) is 8.33. The van der Waals surface area contributed by atoms with Gasteiger partial charge in [-0.2, -0.15) is 0 Å². The first-order valence-corrected chi connectivity index (χ1v) is 6.91. The van der Waals surface area contributed by atoms with Crippen LogP contribution in [0.4, 0.5) is 0 Å². The second-order valence-electron chi connectivity index (χ2n) is 6.64. The molecule has 2 bridgehead atoms. The predicted octanol–water partition coefficient (Wildman–Crippen LogP) is 2.02. The highest BCUT2D eigenvalue weighted by Gasteiger charge is 2.62. The van der Waals surface area contributed by atoms with E-state index in [1.165, 1.54) is 6.42 Å². The fourth-order valence-electron chi connectivity index (χ4n) is 3.94. The van der Waals surface area contributed by atoms with Gasteiger partial charge in [0.1, 0.15) is 0 Å². The summed E-state index contributed by atoms with van der Waals surface area (Å²) in [5.41, 5.74) is 5.82. The van der Waals surface area contributed by atoms with E-state index in [0.29, 0.717) is 18.9 Å².